The van der Waals surface area contributed by atoms with Gasteiger partial charge in [0.25, 0.3) is 0 Å². The lowest BCUT2D eigenvalue weighted by atomic mass is 9.83. The number of ether oxygens (including phenoxy) is 1. The third-order valence-electron chi connectivity index (χ3n) is 4.98. The Morgan fingerprint density at radius 2 is 1.19 bits per heavy atom. The zero-order valence-electron chi connectivity index (χ0n) is 14.9. The molecule has 1 aliphatic carbocycles. The van der Waals surface area contributed by atoms with E-state index in [1.54, 1.807) is 48.5 Å². The standard InChI is InChI=1S/C22H22O4/c1-26-22(25)19-13-11-18(12-14-19)21(24)17-9-7-16(8-10-17)20(23)15-5-3-2-4-6-15/h7-15H,2-6H2,1H3. The number of benzene rings is 2. The highest BCUT2D eigenvalue weighted by Gasteiger charge is 2.22. The van der Waals surface area contributed by atoms with Gasteiger partial charge in [0.05, 0.1) is 12.7 Å². The second kappa shape index (κ2) is 8.09. The van der Waals surface area contributed by atoms with Crippen LogP contribution in [0.15, 0.2) is 48.5 Å². The molecule has 0 unspecified atom stereocenters. The molecule has 0 N–H and O–H groups in total. The summed E-state index contributed by atoms with van der Waals surface area (Å²) in [5, 5.41) is 0. The molecular formula is C22H22O4. The molecule has 1 fully saturated rings. The van der Waals surface area contributed by atoms with Crippen LogP contribution in [0.4, 0.5) is 0 Å². The molecule has 3 rings (SSSR count). The van der Waals surface area contributed by atoms with Gasteiger partial charge in [0.1, 0.15) is 0 Å². The Kier molecular flexibility index (Phi) is 5.61. The predicted molar refractivity (Wildman–Crippen MR) is 98.6 cm³/mol. The van der Waals surface area contributed by atoms with Crippen molar-refractivity contribution >= 4 is 17.5 Å². The van der Waals surface area contributed by atoms with Crippen molar-refractivity contribution < 1.29 is 19.1 Å². The fourth-order valence-electron chi connectivity index (χ4n) is 3.43. The van der Waals surface area contributed by atoms with Gasteiger partial charge in [0.2, 0.25) is 0 Å². The Hall–Kier alpha value is -2.75. The van der Waals surface area contributed by atoms with E-state index in [-0.39, 0.29) is 17.5 Å². The van der Waals surface area contributed by atoms with Gasteiger partial charge >= 0.3 is 5.97 Å². The van der Waals surface area contributed by atoms with Crippen LogP contribution in [0, 0.1) is 5.92 Å². The first kappa shape index (κ1) is 18.1. The summed E-state index contributed by atoms with van der Waals surface area (Å²) in [6.45, 7) is 0. The SMILES string of the molecule is COC(=O)c1ccc(C(=O)c2ccc(C(=O)C3CCCCC3)cc2)cc1. The molecule has 0 spiro atoms. The minimum absolute atomic E-state index is 0.121. The molecule has 0 aliphatic heterocycles. The summed E-state index contributed by atoms with van der Waals surface area (Å²) in [4.78, 5) is 36.6. The van der Waals surface area contributed by atoms with Gasteiger partial charge in [0, 0.05) is 22.6 Å². The highest BCUT2D eigenvalue weighted by Crippen LogP contribution is 2.27. The minimum atomic E-state index is -0.436. The fraction of sp³-hybridized carbons (Fsp3) is 0.318. The maximum absolute atomic E-state index is 12.6. The van der Waals surface area contributed by atoms with Gasteiger partial charge < -0.3 is 4.74 Å². The first-order chi connectivity index (χ1) is 12.6. The van der Waals surface area contributed by atoms with Gasteiger partial charge in [-0.1, -0.05) is 55.7 Å². The maximum atomic E-state index is 12.6. The number of rotatable bonds is 5. The number of hydrogen-bond donors (Lipinski definition) is 0. The zero-order valence-corrected chi connectivity index (χ0v) is 14.9. The zero-order chi connectivity index (χ0) is 18.5. The fourth-order valence-corrected chi connectivity index (χ4v) is 3.43. The lowest BCUT2D eigenvalue weighted by Crippen LogP contribution is -2.17. The van der Waals surface area contributed by atoms with Gasteiger partial charge in [-0.05, 0) is 25.0 Å². The normalized spacial score (nSPS) is 14.7. The van der Waals surface area contributed by atoms with Crippen molar-refractivity contribution in [3.8, 4) is 0 Å². The van der Waals surface area contributed by atoms with E-state index in [1.165, 1.54) is 13.5 Å². The number of Topliss-reactive ketones (excluding diaryl/α,β-unsaturated/α-hetero) is 1. The Morgan fingerprint density at radius 1 is 0.731 bits per heavy atom. The summed E-state index contributed by atoms with van der Waals surface area (Å²) in [5.41, 5.74) is 2.09. The quantitative estimate of drug-likeness (QED) is 0.590. The molecule has 4 nitrogen and oxygen atoms in total. The molecule has 26 heavy (non-hydrogen) atoms. The lowest BCUT2D eigenvalue weighted by molar-refractivity contribution is 0.0600. The average molecular weight is 350 g/mol. The van der Waals surface area contributed by atoms with Crippen LogP contribution >= 0.6 is 0 Å². The van der Waals surface area contributed by atoms with E-state index in [2.05, 4.69) is 4.74 Å². The van der Waals surface area contributed by atoms with Crippen molar-refractivity contribution in [1.82, 2.24) is 0 Å². The highest BCUT2D eigenvalue weighted by atomic mass is 16.5. The van der Waals surface area contributed by atoms with Crippen molar-refractivity contribution in [1.29, 1.82) is 0 Å². The van der Waals surface area contributed by atoms with Gasteiger partial charge in [-0.25, -0.2) is 4.79 Å². The molecule has 1 aliphatic rings. The van der Waals surface area contributed by atoms with E-state index in [0.29, 0.717) is 22.3 Å². The minimum Gasteiger partial charge on any atom is -0.465 e. The third-order valence-corrected chi connectivity index (χ3v) is 4.98. The molecule has 2 aromatic rings. The summed E-state index contributed by atoms with van der Waals surface area (Å²) in [6, 6.07) is 13.2. The van der Waals surface area contributed by atoms with Crippen LogP contribution in [0.5, 0.6) is 0 Å². The summed E-state index contributed by atoms with van der Waals surface area (Å²) < 4.78 is 4.65. The van der Waals surface area contributed by atoms with Gasteiger partial charge in [-0.2, -0.15) is 0 Å². The maximum Gasteiger partial charge on any atom is 0.337 e. The second-order valence-electron chi connectivity index (χ2n) is 6.67. The molecule has 134 valence electrons. The molecule has 0 saturated heterocycles. The van der Waals surface area contributed by atoms with E-state index in [9.17, 15) is 14.4 Å². The molecule has 0 radical (unpaired) electrons. The molecule has 0 heterocycles. The summed E-state index contributed by atoms with van der Waals surface area (Å²) in [6.07, 6.45) is 5.38. The van der Waals surface area contributed by atoms with Crippen molar-refractivity contribution in [2.24, 2.45) is 5.92 Å². The van der Waals surface area contributed by atoms with Crippen molar-refractivity contribution in [2.75, 3.05) is 7.11 Å². The van der Waals surface area contributed by atoms with E-state index in [0.717, 1.165) is 25.7 Å². The number of esters is 1. The number of carbonyl (C=O) groups is 3. The van der Waals surface area contributed by atoms with Crippen LogP contribution in [-0.2, 0) is 4.74 Å². The largest absolute Gasteiger partial charge is 0.465 e. The first-order valence-electron chi connectivity index (χ1n) is 8.97. The molecule has 0 aromatic heterocycles. The van der Waals surface area contributed by atoms with Crippen LogP contribution in [-0.4, -0.2) is 24.6 Å². The van der Waals surface area contributed by atoms with Crippen molar-refractivity contribution in [3.63, 3.8) is 0 Å². The molecule has 0 amide bonds. The molecule has 1 saturated carbocycles. The predicted octanol–water partition coefficient (Wildman–Crippen LogP) is 4.47. The molecule has 2 aromatic carbocycles. The van der Waals surface area contributed by atoms with Crippen molar-refractivity contribution in [3.05, 3.63) is 70.8 Å². The van der Waals surface area contributed by atoms with Crippen molar-refractivity contribution in [2.45, 2.75) is 32.1 Å². The Labute approximate surface area is 153 Å². The van der Waals surface area contributed by atoms with Crippen LogP contribution in [0.3, 0.4) is 0 Å². The molecule has 4 heteroatoms. The van der Waals surface area contributed by atoms with Crippen LogP contribution in [0.2, 0.25) is 0 Å². The Balaban J connectivity index is 1.72. The topological polar surface area (TPSA) is 60.4 Å². The molecule has 0 atom stereocenters. The summed E-state index contributed by atoms with van der Waals surface area (Å²) in [7, 11) is 1.32. The number of ketones is 2. The van der Waals surface area contributed by atoms with Gasteiger partial charge in [-0.3, -0.25) is 9.59 Å². The molecular weight excluding hydrogens is 328 g/mol. The van der Waals surface area contributed by atoms with Crippen LogP contribution in [0.1, 0.15) is 68.7 Å². The smallest absolute Gasteiger partial charge is 0.337 e. The van der Waals surface area contributed by atoms with E-state index in [1.807, 2.05) is 0 Å². The van der Waals surface area contributed by atoms with Gasteiger partial charge in [-0.15, -0.1) is 0 Å². The van der Waals surface area contributed by atoms with E-state index in [4.69, 9.17) is 0 Å². The van der Waals surface area contributed by atoms with E-state index >= 15 is 0 Å². The number of hydrogen-bond acceptors (Lipinski definition) is 4. The average Bonchev–Trinajstić information content (AvgIpc) is 2.73. The molecule has 0 bridgehead atoms. The Bertz CT molecular complexity index is 797. The van der Waals surface area contributed by atoms with Crippen LogP contribution in [0.25, 0.3) is 0 Å². The Morgan fingerprint density at radius 3 is 1.69 bits per heavy atom. The first-order valence-corrected chi connectivity index (χ1v) is 8.97. The highest BCUT2D eigenvalue weighted by molar-refractivity contribution is 6.10. The van der Waals surface area contributed by atoms with E-state index < -0.39 is 5.97 Å². The summed E-state index contributed by atoms with van der Waals surface area (Å²) >= 11 is 0. The lowest BCUT2D eigenvalue weighted by Gasteiger charge is -2.20. The second-order valence-corrected chi connectivity index (χ2v) is 6.67. The number of carbonyl (C=O) groups excluding carboxylic acids is 3. The monoisotopic (exact) mass is 350 g/mol. The van der Waals surface area contributed by atoms with Gasteiger partial charge in [0.15, 0.2) is 11.6 Å². The van der Waals surface area contributed by atoms with Crippen LogP contribution < -0.4 is 0 Å². The number of methoxy groups -OCH3 is 1. The summed E-state index contributed by atoms with van der Waals surface area (Å²) in [5.74, 6) is -0.269. The third kappa shape index (κ3) is 3.90.